The Morgan fingerprint density at radius 1 is 1.44 bits per heavy atom. The molecule has 1 aromatic heterocycles. The third-order valence-corrected chi connectivity index (χ3v) is 2.77. The largest absolute Gasteiger partial charge is 0.487 e. The predicted molar refractivity (Wildman–Crippen MR) is 67.8 cm³/mol. The summed E-state index contributed by atoms with van der Waals surface area (Å²) in [5.41, 5.74) is 8.09. The Hall–Kier alpha value is -2.48. The average Bonchev–Trinajstić information content (AvgIpc) is 2.62. The van der Waals surface area contributed by atoms with Crippen molar-refractivity contribution in [3.8, 4) is 11.8 Å². The van der Waals surface area contributed by atoms with Crippen molar-refractivity contribution in [3.63, 3.8) is 0 Å². The van der Waals surface area contributed by atoms with Gasteiger partial charge in [0.25, 0.3) is 0 Å². The lowest BCUT2D eigenvalue weighted by atomic mass is 10.2. The van der Waals surface area contributed by atoms with Gasteiger partial charge in [-0.25, -0.2) is 0 Å². The molecule has 1 heterocycles. The number of nitrogens with zero attached hydrogens (tertiary/aromatic N) is 3. The van der Waals surface area contributed by atoms with Gasteiger partial charge in [0, 0.05) is 7.05 Å². The predicted octanol–water partition coefficient (Wildman–Crippen LogP) is 1.76. The van der Waals surface area contributed by atoms with Crippen LogP contribution in [0.3, 0.4) is 0 Å². The number of hydrogen-bond donors (Lipinski definition) is 1. The zero-order valence-corrected chi connectivity index (χ0v) is 10.3. The summed E-state index contributed by atoms with van der Waals surface area (Å²) < 4.78 is 7.25. The maximum atomic E-state index is 8.96. The topological polar surface area (TPSA) is 76.9 Å². The van der Waals surface area contributed by atoms with Crippen LogP contribution >= 0.6 is 0 Å². The van der Waals surface area contributed by atoms with E-state index in [1.54, 1.807) is 29.9 Å². The van der Waals surface area contributed by atoms with Gasteiger partial charge in [0.2, 0.25) is 0 Å². The van der Waals surface area contributed by atoms with Crippen LogP contribution in [0.5, 0.6) is 5.75 Å². The summed E-state index contributed by atoms with van der Waals surface area (Å²) >= 11 is 0. The fraction of sp³-hybridized carbons (Fsp3) is 0.231. The van der Waals surface area contributed by atoms with Crippen LogP contribution in [0.15, 0.2) is 24.3 Å². The Morgan fingerprint density at radius 3 is 2.78 bits per heavy atom. The molecule has 0 amide bonds. The maximum absolute atomic E-state index is 8.96. The van der Waals surface area contributed by atoms with E-state index in [2.05, 4.69) is 11.2 Å². The second-order valence-corrected chi connectivity index (χ2v) is 3.97. The Labute approximate surface area is 105 Å². The minimum Gasteiger partial charge on any atom is -0.487 e. The normalized spacial score (nSPS) is 10.1. The monoisotopic (exact) mass is 242 g/mol. The fourth-order valence-corrected chi connectivity index (χ4v) is 1.73. The second kappa shape index (κ2) is 4.80. The van der Waals surface area contributed by atoms with Gasteiger partial charge >= 0.3 is 0 Å². The van der Waals surface area contributed by atoms with Gasteiger partial charge in [-0.15, -0.1) is 0 Å². The van der Waals surface area contributed by atoms with Gasteiger partial charge in [-0.3, -0.25) is 4.68 Å². The molecule has 1 aromatic carbocycles. The Bertz CT molecular complexity index is 610. The number of benzene rings is 1. The number of nitrogen functional groups attached to an aromatic ring is 1. The second-order valence-electron chi connectivity index (χ2n) is 3.97. The molecule has 0 aliphatic rings. The van der Waals surface area contributed by atoms with Gasteiger partial charge in [-0.1, -0.05) is 12.1 Å². The number of para-hydroxylation sites is 1. The number of nitrogens with two attached hydrogens (primary N) is 1. The molecule has 2 rings (SSSR count). The number of ether oxygens (including phenoxy) is 1. The minimum atomic E-state index is 0.310. The first-order valence-corrected chi connectivity index (χ1v) is 5.53. The first-order chi connectivity index (χ1) is 8.63. The molecule has 0 spiro atoms. The summed E-state index contributed by atoms with van der Waals surface area (Å²) in [6, 6.07) is 9.20. The highest BCUT2D eigenvalue weighted by Crippen LogP contribution is 2.21. The van der Waals surface area contributed by atoms with E-state index in [4.69, 9.17) is 15.7 Å². The van der Waals surface area contributed by atoms with E-state index in [-0.39, 0.29) is 0 Å². The molecule has 2 N–H and O–H groups in total. The number of aryl methyl sites for hydroxylation is 2. The van der Waals surface area contributed by atoms with E-state index in [0.717, 1.165) is 11.3 Å². The number of rotatable bonds is 3. The first kappa shape index (κ1) is 12.0. The van der Waals surface area contributed by atoms with Gasteiger partial charge in [0.05, 0.1) is 16.8 Å². The Morgan fingerprint density at radius 2 is 2.17 bits per heavy atom. The zero-order valence-electron chi connectivity index (χ0n) is 10.3. The van der Waals surface area contributed by atoms with Crippen molar-refractivity contribution in [3.05, 3.63) is 41.1 Å². The third kappa shape index (κ3) is 2.13. The summed E-state index contributed by atoms with van der Waals surface area (Å²) in [6.45, 7) is 2.19. The molecule has 5 heteroatoms. The van der Waals surface area contributed by atoms with E-state index in [0.29, 0.717) is 23.7 Å². The van der Waals surface area contributed by atoms with Crippen LogP contribution in [0.2, 0.25) is 0 Å². The number of hydrogen-bond acceptors (Lipinski definition) is 4. The van der Waals surface area contributed by atoms with Crippen LogP contribution in [0.25, 0.3) is 0 Å². The first-order valence-electron chi connectivity index (χ1n) is 5.53. The molecular weight excluding hydrogens is 228 g/mol. The van der Waals surface area contributed by atoms with Crippen molar-refractivity contribution in [1.29, 1.82) is 5.26 Å². The van der Waals surface area contributed by atoms with Gasteiger partial charge in [-0.05, 0) is 19.1 Å². The summed E-state index contributed by atoms with van der Waals surface area (Å²) in [5, 5.41) is 13.2. The van der Waals surface area contributed by atoms with Crippen molar-refractivity contribution >= 4 is 5.82 Å². The number of anilines is 1. The van der Waals surface area contributed by atoms with Crippen LogP contribution in [0.4, 0.5) is 5.82 Å². The molecule has 0 bridgehead atoms. The van der Waals surface area contributed by atoms with Gasteiger partial charge in [0.15, 0.2) is 0 Å². The smallest absolute Gasteiger partial charge is 0.137 e. The van der Waals surface area contributed by atoms with Crippen LogP contribution in [-0.2, 0) is 13.7 Å². The molecule has 18 heavy (non-hydrogen) atoms. The summed E-state index contributed by atoms with van der Waals surface area (Å²) in [5.74, 6) is 1.14. The van der Waals surface area contributed by atoms with Gasteiger partial charge < -0.3 is 10.5 Å². The van der Waals surface area contributed by atoms with E-state index in [1.807, 2.05) is 13.0 Å². The van der Waals surface area contributed by atoms with E-state index >= 15 is 0 Å². The SMILES string of the molecule is Cc1nn(C)c(N)c1COc1ccccc1C#N. The van der Waals surface area contributed by atoms with E-state index < -0.39 is 0 Å². The quantitative estimate of drug-likeness (QED) is 0.889. The highest BCUT2D eigenvalue weighted by molar-refractivity contribution is 5.45. The third-order valence-electron chi connectivity index (χ3n) is 2.77. The van der Waals surface area contributed by atoms with Crippen molar-refractivity contribution in [2.24, 2.45) is 7.05 Å². The molecule has 0 saturated heterocycles. The molecule has 0 unspecified atom stereocenters. The summed E-state index contributed by atoms with van der Waals surface area (Å²) in [4.78, 5) is 0. The highest BCUT2D eigenvalue weighted by atomic mass is 16.5. The highest BCUT2D eigenvalue weighted by Gasteiger charge is 2.11. The van der Waals surface area contributed by atoms with Crippen molar-refractivity contribution < 1.29 is 4.74 Å². The van der Waals surface area contributed by atoms with E-state index in [9.17, 15) is 0 Å². The zero-order chi connectivity index (χ0) is 13.1. The average molecular weight is 242 g/mol. The van der Waals surface area contributed by atoms with Gasteiger partial charge in [0.1, 0.15) is 24.2 Å². The molecule has 92 valence electrons. The van der Waals surface area contributed by atoms with E-state index in [1.165, 1.54) is 0 Å². The van der Waals surface area contributed by atoms with Gasteiger partial charge in [-0.2, -0.15) is 10.4 Å². The van der Waals surface area contributed by atoms with Crippen LogP contribution in [0, 0.1) is 18.3 Å². The molecule has 2 aromatic rings. The maximum Gasteiger partial charge on any atom is 0.137 e. The summed E-state index contributed by atoms with van der Waals surface area (Å²) in [6.07, 6.45) is 0. The van der Waals surface area contributed by atoms with Crippen molar-refractivity contribution in [2.45, 2.75) is 13.5 Å². The molecule has 0 aliphatic heterocycles. The molecule has 0 radical (unpaired) electrons. The van der Waals surface area contributed by atoms with Crippen LogP contribution < -0.4 is 10.5 Å². The van der Waals surface area contributed by atoms with Crippen LogP contribution in [-0.4, -0.2) is 9.78 Å². The minimum absolute atomic E-state index is 0.310. The van der Waals surface area contributed by atoms with Crippen molar-refractivity contribution in [2.75, 3.05) is 5.73 Å². The molecule has 0 fully saturated rings. The lowest BCUT2D eigenvalue weighted by Crippen LogP contribution is -2.03. The Kier molecular flexibility index (Phi) is 3.20. The van der Waals surface area contributed by atoms with Crippen molar-refractivity contribution in [1.82, 2.24) is 9.78 Å². The molecule has 0 aliphatic carbocycles. The fourth-order valence-electron chi connectivity index (χ4n) is 1.73. The number of aromatic nitrogens is 2. The lowest BCUT2D eigenvalue weighted by molar-refractivity contribution is 0.305. The number of nitriles is 1. The lowest BCUT2D eigenvalue weighted by Gasteiger charge is -2.07. The molecule has 0 atom stereocenters. The Balaban J connectivity index is 2.20. The standard InChI is InChI=1S/C13H14N4O/c1-9-11(13(15)17(2)16-9)8-18-12-6-4-3-5-10(12)7-14/h3-6H,8,15H2,1-2H3. The molecule has 5 nitrogen and oxygen atoms in total. The summed E-state index contributed by atoms with van der Waals surface area (Å²) in [7, 11) is 1.79. The van der Waals surface area contributed by atoms with Crippen LogP contribution in [0.1, 0.15) is 16.8 Å². The molecular formula is C13H14N4O. The molecule has 0 saturated carbocycles.